The molecule has 3 nitrogen and oxygen atoms in total. The van der Waals surface area contributed by atoms with Gasteiger partial charge in [-0.05, 0) is 33.1 Å². The van der Waals surface area contributed by atoms with E-state index in [4.69, 9.17) is 14.2 Å². The summed E-state index contributed by atoms with van der Waals surface area (Å²) < 4.78 is 17.5. The van der Waals surface area contributed by atoms with Crippen LogP contribution in [-0.2, 0) is 0 Å². The average Bonchev–Trinajstić information content (AvgIpc) is 2.55. The average molecular weight is 381 g/mol. The van der Waals surface area contributed by atoms with Gasteiger partial charge in [-0.3, -0.25) is 0 Å². The van der Waals surface area contributed by atoms with Gasteiger partial charge in [-0.25, -0.2) is 0 Å². The summed E-state index contributed by atoms with van der Waals surface area (Å²) in [6.07, 6.45) is 3.47. The zero-order chi connectivity index (χ0) is 16.7. The molecule has 0 aliphatic rings. The molecule has 0 amide bonds. The van der Waals surface area contributed by atoms with Crippen molar-refractivity contribution in [2.45, 2.75) is 39.2 Å². The SMILES string of the molecule is COc1cc(OCCCCCBr)c2ccccc2c1OC(C)C. The van der Waals surface area contributed by atoms with Crippen molar-refractivity contribution in [2.75, 3.05) is 19.0 Å². The van der Waals surface area contributed by atoms with Gasteiger partial charge in [0.25, 0.3) is 0 Å². The largest absolute Gasteiger partial charge is 0.493 e. The van der Waals surface area contributed by atoms with E-state index in [0.717, 1.165) is 40.4 Å². The van der Waals surface area contributed by atoms with Gasteiger partial charge in [-0.1, -0.05) is 40.2 Å². The van der Waals surface area contributed by atoms with Crippen molar-refractivity contribution in [2.24, 2.45) is 0 Å². The van der Waals surface area contributed by atoms with E-state index in [-0.39, 0.29) is 6.10 Å². The van der Waals surface area contributed by atoms with Crippen LogP contribution in [0.1, 0.15) is 33.1 Å². The zero-order valence-electron chi connectivity index (χ0n) is 14.1. The summed E-state index contributed by atoms with van der Waals surface area (Å²) in [5.41, 5.74) is 0. The van der Waals surface area contributed by atoms with Crippen LogP contribution in [0.25, 0.3) is 10.8 Å². The third-order valence-corrected chi connectivity index (χ3v) is 4.09. The summed E-state index contributed by atoms with van der Waals surface area (Å²) in [7, 11) is 1.66. The molecule has 2 aromatic rings. The highest BCUT2D eigenvalue weighted by Crippen LogP contribution is 2.42. The fraction of sp³-hybridized carbons (Fsp3) is 0.474. The maximum atomic E-state index is 6.02. The maximum Gasteiger partial charge on any atom is 0.169 e. The summed E-state index contributed by atoms with van der Waals surface area (Å²) in [5.74, 6) is 2.35. The predicted molar refractivity (Wildman–Crippen MR) is 99.4 cm³/mol. The summed E-state index contributed by atoms with van der Waals surface area (Å²) >= 11 is 3.45. The van der Waals surface area contributed by atoms with Crippen molar-refractivity contribution in [3.8, 4) is 17.2 Å². The molecule has 0 saturated heterocycles. The molecule has 0 atom stereocenters. The molecule has 23 heavy (non-hydrogen) atoms. The van der Waals surface area contributed by atoms with E-state index in [1.165, 1.54) is 6.42 Å². The van der Waals surface area contributed by atoms with E-state index in [0.29, 0.717) is 12.4 Å². The van der Waals surface area contributed by atoms with Gasteiger partial charge in [0.1, 0.15) is 5.75 Å². The normalized spacial score (nSPS) is 11.0. The lowest BCUT2D eigenvalue weighted by Crippen LogP contribution is -2.08. The van der Waals surface area contributed by atoms with Gasteiger partial charge in [-0.2, -0.15) is 0 Å². The molecule has 0 spiro atoms. The Kier molecular flexibility index (Phi) is 7.03. The Hall–Kier alpha value is -1.42. The fourth-order valence-electron chi connectivity index (χ4n) is 2.47. The molecule has 0 fully saturated rings. The molecule has 0 saturated carbocycles. The smallest absolute Gasteiger partial charge is 0.169 e. The van der Waals surface area contributed by atoms with Crippen LogP contribution in [0.4, 0.5) is 0 Å². The lowest BCUT2D eigenvalue weighted by Gasteiger charge is -2.18. The van der Waals surface area contributed by atoms with Crippen molar-refractivity contribution < 1.29 is 14.2 Å². The van der Waals surface area contributed by atoms with Crippen LogP contribution in [0.3, 0.4) is 0 Å². The van der Waals surface area contributed by atoms with Crippen molar-refractivity contribution >= 4 is 26.7 Å². The van der Waals surface area contributed by atoms with Gasteiger partial charge in [0.2, 0.25) is 0 Å². The molecule has 0 radical (unpaired) electrons. The molecule has 0 N–H and O–H groups in total. The number of hydrogen-bond donors (Lipinski definition) is 0. The zero-order valence-corrected chi connectivity index (χ0v) is 15.7. The van der Waals surface area contributed by atoms with Crippen LogP contribution in [0.2, 0.25) is 0 Å². The highest BCUT2D eigenvalue weighted by molar-refractivity contribution is 9.09. The lowest BCUT2D eigenvalue weighted by atomic mass is 10.1. The minimum Gasteiger partial charge on any atom is -0.493 e. The van der Waals surface area contributed by atoms with Crippen molar-refractivity contribution in [1.82, 2.24) is 0 Å². The van der Waals surface area contributed by atoms with Gasteiger partial charge in [0.15, 0.2) is 11.5 Å². The second kappa shape index (κ2) is 9.02. The van der Waals surface area contributed by atoms with Gasteiger partial charge in [0, 0.05) is 22.2 Å². The number of alkyl halides is 1. The Labute approximate surface area is 147 Å². The van der Waals surface area contributed by atoms with E-state index >= 15 is 0 Å². The standard InChI is InChI=1S/C19H25BrO3/c1-14(2)23-19-16-10-6-5-9-15(16)17(13-18(19)21-3)22-12-8-4-7-11-20/h5-6,9-10,13-14H,4,7-8,11-12H2,1-3H3. The molecule has 0 aromatic heterocycles. The van der Waals surface area contributed by atoms with E-state index in [1.807, 2.05) is 38.1 Å². The summed E-state index contributed by atoms with van der Waals surface area (Å²) in [5, 5.41) is 3.13. The Morgan fingerprint density at radius 3 is 2.39 bits per heavy atom. The molecule has 2 aromatic carbocycles. The first-order valence-electron chi connectivity index (χ1n) is 8.12. The van der Waals surface area contributed by atoms with Crippen LogP contribution in [0.15, 0.2) is 30.3 Å². The van der Waals surface area contributed by atoms with Crippen LogP contribution in [-0.4, -0.2) is 25.2 Å². The van der Waals surface area contributed by atoms with Crippen LogP contribution >= 0.6 is 15.9 Å². The maximum absolute atomic E-state index is 6.02. The molecule has 0 heterocycles. The Morgan fingerprint density at radius 2 is 1.74 bits per heavy atom. The molecular formula is C19H25BrO3. The highest BCUT2D eigenvalue weighted by atomic mass is 79.9. The first-order chi connectivity index (χ1) is 11.2. The summed E-state index contributed by atoms with van der Waals surface area (Å²) in [6.45, 7) is 4.75. The number of benzene rings is 2. The first-order valence-corrected chi connectivity index (χ1v) is 9.24. The van der Waals surface area contributed by atoms with E-state index < -0.39 is 0 Å². The van der Waals surface area contributed by atoms with Gasteiger partial charge in [-0.15, -0.1) is 0 Å². The monoisotopic (exact) mass is 380 g/mol. The fourth-order valence-corrected chi connectivity index (χ4v) is 2.87. The van der Waals surface area contributed by atoms with Crippen molar-refractivity contribution in [3.05, 3.63) is 30.3 Å². The summed E-state index contributed by atoms with van der Waals surface area (Å²) in [6, 6.07) is 10.1. The number of methoxy groups -OCH3 is 1. The van der Waals surface area contributed by atoms with E-state index in [9.17, 15) is 0 Å². The van der Waals surface area contributed by atoms with Crippen molar-refractivity contribution in [3.63, 3.8) is 0 Å². The van der Waals surface area contributed by atoms with Crippen LogP contribution in [0.5, 0.6) is 17.2 Å². The molecule has 2 rings (SSSR count). The lowest BCUT2D eigenvalue weighted by molar-refractivity contribution is 0.232. The van der Waals surface area contributed by atoms with E-state index in [2.05, 4.69) is 22.0 Å². The van der Waals surface area contributed by atoms with Gasteiger partial charge >= 0.3 is 0 Å². The molecule has 0 aliphatic carbocycles. The Balaban J connectivity index is 2.30. The molecule has 4 heteroatoms. The van der Waals surface area contributed by atoms with E-state index in [1.54, 1.807) is 7.11 Å². The number of unbranched alkanes of at least 4 members (excludes halogenated alkanes) is 2. The molecule has 0 unspecified atom stereocenters. The quantitative estimate of drug-likeness (QED) is 0.419. The topological polar surface area (TPSA) is 27.7 Å². The number of halogens is 1. The highest BCUT2D eigenvalue weighted by Gasteiger charge is 2.15. The van der Waals surface area contributed by atoms with Crippen molar-refractivity contribution in [1.29, 1.82) is 0 Å². The van der Waals surface area contributed by atoms with Crippen LogP contribution in [0, 0.1) is 0 Å². The Bertz CT molecular complexity index is 625. The number of ether oxygens (including phenoxy) is 3. The minimum absolute atomic E-state index is 0.0864. The molecule has 0 aliphatic heterocycles. The third-order valence-electron chi connectivity index (χ3n) is 3.53. The van der Waals surface area contributed by atoms with Crippen LogP contribution < -0.4 is 14.2 Å². The third kappa shape index (κ3) is 4.77. The molecular weight excluding hydrogens is 356 g/mol. The molecule has 126 valence electrons. The minimum atomic E-state index is 0.0864. The summed E-state index contributed by atoms with van der Waals surface area (Å²) in [4.78, 5) is 0. The second-order valence-electron chi connectivity index (χ2n) is 5.72. The number of rotatable bonds is 9. The molecule has 0 bridgehead atoms. The number of fused-ring (bicyclic) bond motifs is 1. The first kappa shape index (κ1) is 17.9. The Morgan fingerprint density at radius 1 is 1.00 bits per heavy atom. The van der Waals surface area contributed by atoms with Gasteiger partial charge < -0.3 is 14.2 Å². The number of hydrogen-bond acceptors (Lipinski definition) is 3. The van der Waals surface area contributed by atoms with Gasteiger partial charge in [0.05, 0.1) is 19.8 Å². The second-order valence-corrected chi connectivity index (χ2v) is 6.51. The predicted octanol–water partition coefficient (Wildman–Crippen LogP) is 5.58.